The van der Waals surface area contributed by atoms with Crippen molar-refractivity contribution < 1.29 is 18.0 Å². The number of para-hydroxylation sites is 1. The number of nitrogens with zero attached hydrogens (tertiary/aromatic N) is 3. The van der Waals surface area contributed by atoms with E-state index in [0.29, 0.717) is 38.2 Å². The number of hydrogen-bond acceptors (Lipinski definition) is 6. The molecule has 0 aromatic heterocycles. The van der Waals surface area contributed by atoms with Crippen molar-refractivity contribution in [2.45, 2.75) is 36.7 Å². The Kier molecular flexibility index (Phi) is 5.73. The van der Waals surface area contributed by atoms with E-state index >= 15 is 0 Å². The summed E-state index contributed by atoms with van der Waals surface area (Å²) in [5.41, 5.74) is -0.380. The fourth-order valence-corrected chi connectivity index (χ4v) is 5.97. The summed E-state index contributed by atoms with van der Waals surface area (Å²) in [6, 6.07) is 6.76. The van der Waals surface area contributed by atoms with Crippen molar-refractivity contribution in [3.05, 3.63) is 24.3 Å². The van der Waals surface area contributed by atoms with Crippen LogP contribution in [-0.2, 0) is 19.6 Å². The van der Waals surface area contributed by atoms with E-state index < -0.39 is 15.7 Å². The molecule has 2 saturated heterocycles. The number of rotatable bonds is 3. The molecule has 4 rings (SSSR count). The van der Waals surface area contributed by atoms with Crippen LogP contribution in [-0.4, -0.2) is 86.4 Å². The predicted octanol–water partition coefficient (Wildman–Crippen LogP) is 0.263. The minimum atomic E-state index is -3.67. The number of piperazine rings is 1. The van der Waals surface area contributed by atoms with Gasteiger partial charge in [-0.25, -0.2) is 8.42 Å². The fourth-order valence-electron chi connectivity index (χ4n) is 4.42. The van der Waals surface area contributed by atoms with Crippen molar-refractivity contribution >= 4 is 27.5 Å². The molecule has 1 aromatic carbocycles. The molecule has 2 N–H and O–H groups in total. The molecule has 0 bridgehead atoms. The normalized spacial score (nSPS) is 26.8. The Morgan fingerprint density at radius 3 is 2.57 bits per heavy atom. The van der Waals surface area contributed by atoms with E-state index in [1.165, 1.54) is 0 Å². The maximum Gasteiger partial charge on any atom is 0.244 e. The van der Waals surface area contributed by atoms with E-state index in [-0.39, 0.29) is 29.7 Å². The van der Waals surface area contributed by atoms with Crippen LogP contribution in [0, 0.1) is 0 Å². The molecule has 2 fully saturated rings. The largest absolute Gasteiger partial charge is 0.365 e. The van der Waals surface area contributed by atoms with Gasteiger partial charge in [0.2, 0.25) is 21.8 Å². The van der Waals surface area contributed by atoms with Crippen molar-refractivity contribution in [3.8, 4) is 0 Å². The number of benzene rings is 1. The highest BCUT2D eigenvalue weighted by molar-refractivity contribution is 7.89. The van der Waals surface area contributed by atoms with E-state index in [9.17, 15) is 18.0 Å². The Labute approximate surface area is 177 Å². The third kappa shape index (κ3) is 4.17. The standard InChI is InChI=1S/C20H29N5O4S/c1-2-23-11-13-24(14-12-23)19(27)15-25-10-9-20(8-7-18(25)26)21-16-5-3-4-6-17(16)30(28,29)22-20/h3-6,21-22H,2,7-15H2,1H3. The molecule has 1 spiro atoms. The van der Waals surface area contributed by atoms with Gasteiger partial charge in [-0.2, -0.15) is 4.72 Å². The number of amides is 2. The second kappa shape index (κ2) is 8.16. The van der Waals surface area contributed by atoms with Gasteiger partial charge in [-0.3, -0.25) is 9.59 Å². The van der Waals surface area contributed by atoms with Crippen LogP contribution >= 0.6 is 0 Å². The topological polar surface area (TPSA) is 102 Å². The van der Waals surface area contributed by atoms with Crippen LogP contribution in [0.15, 0.2) is 29.2 Å². The van der Waals surface area contributed by atoms with Gasteiger partial charge in [0.05, 0.1) is 12.2 Å². The summed E-state index contributed by atoms with van der Waals surface area (Å²) in [5.74, 6) is -0.162. The maximum atomic E-state index is 12.7. The summed E-state index contributed by atoms with van der Waals surface area (Å²) in [5, 5.41) is 3.31. The van der Waals surface area contributed by atoms with Gasteiger partial charge >= 0.3 is 0 Å². The maximum absolute atomic E-state index is 12.7. The average Bonchev–Trinajstić information content (AvgIpc) is 2.87. The molecule has 1 unspecified atom stereocenters. The SMILES string of the molecule is CCN1CCN(C(=O)CN2CCC3(CCC2=O)Nc2ccccc2S(=O)(=O)N3)CC1. The second-order valence-electron chi connectivity index (χ2n) is 8.19. The van der Waals surface area contributed by atoms with Crippen LogP contribution in [0.3, 0.4) is 0 Å². The number of sulfonamides is 1. The van der Waals surface area contributed by atoms with E-state index in [1.54, 1.807) is 29.2 Å². The minimum absolute atomic E-state index is 0.0439. The van der Waals surface area contributed by atoms with E-state index in [1.807, 2.05) is 4.90 Å². The van der Waals surface area contributed by atoms with Crippen molar-refractivity contribution in [3.63, 3.8) is 0 Å². The summed E-state index contributed by atoms with van der Waals surface area (Å²) < 4.78 is 28.2. The first-order valence-electron chi connectivity index (χ1n) is 10.5. The summed E-state index contributed by atoms with van der Waals surface area (Å²) in [4.78, 5) is 31.3. The van der Waals surface area contributed by atoms with Crippen molar-refractivity contribution in [2.24, 2.45) is 0 Å². The van der Waals surface area contributed by atoms with Gasteiger partial charge in [0.15, 0.2) is 0 Å². The summed E-state index contributed by atoms with van der Waals surface area (Å²) >= 11 is 0. The van der Waals surface area contributed by atoms with Gasteiger partial charge in [0, 0.05) is 45.6 Å². The number of hydrogen-bond donors (Lipinski definition) is 2. The first-order chi connectivity index (χ1) is 14.3. The molecule has 3 aliphatic heterocycles. The lowest BCUT2D eigenvalue weighted by Gasteiger charge is -2.39. The molecule has 30 heavy (non-hydrogen) atoms. The molecule has 0 aliphatic carbocycles. The lowest BCUT2D eigenvalue weighted by atomic mass is 10.0. The van der Waals surface area contributed by atoms with Crippen molar-refractivity contribution in [1.82, 2.24) is 19.4 Å². The lowest BCUT2D eigenvalue weighted by molar-refractivity contribution is -0.141. The third-order valence-corrected chi connectivity index (χ3v) is 7.90. The minimum Gasteiger partial charge on any atom is -0.365 e. The highest BCUT2D eigenvalue weighted by Crippen LogP contribution is 2.34. The van der Waals surface area contributed by atoms with Crippen LogP contribution < -0.4 is 10.0 Å². The third-order valence-electron chi connectivity index (χ3n) is 6.31. The number of fused-ring (bicyclic) bond motifs is 1. The average molecular weight is 436 g/mol. The zero-order valence-electron chi connectivity index (χ0n) is 17.3. The highest BCUT2D eigenvalue weighted by atomic mass is 32.2. The molecule has 0 radical (unpaired) electrons. The van der Waals surface area contributed by atoms with Crippen LogP contribution in [0.2, 0.25) is 0 Å². The fraction of sp³-hybridized carbons (Fsp3) is 0.600. The van der Waals surface area contributed by atoms with Gasteiger partial charge in [0.1, 0.15) is 10.6 Å². The Hall–Kier alpha value is -2.17. The smallest absolute Gasteiger partial charge is 0.244 e. The van der Waals surface area contributed by atoms with E-state index in [0.717, 1.165) is 19.6 Å². The molecule has 3 aliphatic rings. The number of anilines is 1. The van der Waals surface area contributed by atoms with E-state index in [2.05, 4.69) is 21.9 Å². The highest BCUT2D eigenvalue weighted by Gasteiger charge is 2.43. The zero-order valence-corrected chi connectivity index (χ0v) is 18.1. The van der Waals surface area contributed by atoms with Crippen LogP contribution in [0.1, 0.15) is 26.2 Å². The summed E-state index contributed by atoms with van der Waals surface area (Å²) in [7, 11) is -3.67. The first-order valence-corrected chi connectivity index (χ1v) is 12.0. The Balaban J connectivity index is 1.43. The molecule has 3 heterocycles. The number of likely N-dealkylation sites (tertiary alicyclic amines) is 1. The van der Waals surface area contributed by atoms with Crippen LogP contribution in [0.5, 0.6) is 0 Å². The Bertz CT molecular complexity index is 929. The number of nitrogens with one attached hydrogen (secondary N) is 2. The number of carbonyl (C=O) groups excluding carboxylic acids is 2. The summed E-state index contributed by atoms with van der Waals surface area (Å²) in [6.07, 6.45) is 0.900. The molecule has 10 heteroatoms. The molecule has 0 saturated carbocycles. The van der Waals surface area contributed by atoms with Gasteiger partial charge < -0.3 is 20.0 Å². The molecular weight excluding hydrogens is 406 g/mol. The molecule has 164 valence electrons. The lowest BCUT2D eigenvalue weighted by Crippen LogP contribution is -2.57. The second-order valence-corrected chi connectivity index (χ2v) is 9.84. The monoisotopic (exact) mass is 435 g/mol. The predicted molar refractivity (Wildman–Crippen MR) is 112 cm³/mol. The quantitative estimate of drug-likeness (QED) is 0.706. The number of carbonyl (C=O) groups is 2. The Morgan fingerprint density at radius 2 is 1.83 bits per heavy atom. The van der Waals surface area contributed by atoms with Gasteiger partial charge in [-0.05, 0) is 25.1 Å². The molecule has 2 amide bonds. The number of likely N-dealkylation sites (N-methyl/N-ethyl adjacent to an activating group) is 1. The van der Waals surface area contributed by atoms with Crippen LogP contribution in [0.4, 0.5) is 5.69 Å². The summed E-state index contributed by atoms with van der Waals surface area (Å²) in [6.45, 7) is 6.50. The Morgan fingerprint density at radius 1 is 1.10 bits per heavy atom. The molecule has 1 atom stereocenters. The van der Waals surface area contributed by atoms with E-state index in [4.69, 9.17) is 0 Å². The van der Waals surface area contributed by atoms with Gasteiger partial charge in [-0.1, -0.05) is 19.1 Å². The molecular formula is C20H29N5O4S. The zero-order chi connectivity index (χ0) is 21.4. The van der Waals surface area contributed by atoms with Crippen LogP contribution in [0.25, 0.3) is 0 Å². The van der Waals surface area contributed by atoms with Gasteiger partial charge in [0.25, 0.3) is 0 Å². The first kappa shape index (κ1) is 21.1. The van der Waals surface area contributed by atoms with Gasteiger partial charge in [-0.15, -0.1) is 0 Å². The molecule has 9 nitrogen and oxygen atoms in total. The van der Waals surface area contributed by atoms with Crippen molar-refractivity contribution in [1.29, 1.82) is 0 Å². The van der Waals surface area contributed by atoms with Crippen molar-refractivity contribution in [2.75, 3.05) is 51.1 Å². The molecule has 1 aromatic rings.